The van der Waals surface area contributed by atoms with E-state index in [9.17, 15) is 13.6 Å². The maximum Gasteiger partial charge on any atom is 0.335 e. The van der Waals surface area contributed by atoms with E-state index in [4.69, 9.17) is 4.74 Å². The summed E-state index contributed by atoms with van der Waals surface area (Å²) >= 11 is 0. The first-order valence-corrected chi connectivity index (χ1v) is 11.3. The molecule has 36 heavy (non-hydrogen) atoms. The highest BCUT2D eigenvalue weighted by Gasteiger charge is 2.34. The zero-order valence-electron chi connectivity index (χ0n) is 19.2. The first-order valence-electron chi connectivity index (χ1n) is 11.3. The number of anilines is 3. The maximum absolute atomic E-state index is 14.0. The molecule has 8 nitrogen and oxygen atoms in total. The summed E-state index contributed by atoms with van der Waals surface area (Å²) in [7, 11) is 1.84. The number of hydrogen-bond donors (Lipinski definition) is 0. The molecule has 0 saturated heterocycles. The zero-order valence-corrected chi connectivity index (χ0v) is 19.2. The molecule has 1 aliphatic heterocycles. The van der Waals surface area contributed by atoms with Crippen LogP contribution in [0.5, 0.6) is 5.88 Å². The third-order valence-electron chi connectivity index (χ3n) is 6.01. The largest absolute Gasteiger partial charge is 0.472 e. The molecule has 2 aromatic carbocycles. The van der Waals surface area contributed by atoms with Gasteiger partial charge in [-0.05, 0) is 48.5 Å². The summed E-state index contributed by atoms with van der Waals surface area (Å²) in [5.41, 5.74) is 3.64. The number of amides is 2. The highest BCUT2D eigenvalue weighted by Crippen LogP contribution is 2.38. The van der Waals surface area contributed by atoms with E-state index in [0.717, 1.165) is 27.4 Å². The van der Waals surface area contributed by atoms with Gasteiger partial charge in [-0.2, -0.15) is 10.1 Å². The Morgan fingerprint density at radius 2 is 1.81 bits per heavy atom. The molecule has 4 heterocycles. The predicted octanol–water partition coefficient (Wildman–Crippen LogP) is 5.44. The number of nitrogens with zero attached hydrogens (tertiary/aromatic N) is 6. The molecular formula is C26H20F2N6O2. The van der Waals surface area contributed by atoms with Gasteiger partial charge in [-0.15, -0.1) is 0 Å². The number of aryl methyl sites for hydroxylation is 1. The van der Waals surface area contributed by atoms with Crippen molar-refractivity contribution in [2.24, 2.45) is 7.05 Å². The number of fused-ring (bicyclic) bond motifs is 3. The van der Waals surface area contributed by atoms with Gasteiger partial charge in [-0.1, -0.05) is 6.07 Å². The fourth-order valence-corrected chi connectivity index (χ4v) is 4.40. The number of alkyl halides is 2. The quantitative estimate of drug-likeness (QED) is 0.331. The summed E-state index contributed by atoms with van der Waals surface area (Å²) in [6, 6.07) is 17.8. The zero-order chi connectivity index (χ0) is 24.8. The normalized spacial score (nSPS) is 13.6. The van der Waals surface area contributed by atoms with E-state index in [1.54, 1.807) is 34.0 Å². The van der Waals surface area contributed by atoms with Crippen molar-refractivity contribution in [3.8, 4) is 5.88 Å². The van der Waals surface area contributed by atoms with Crippen LogP contribution in [0.4, 0.5) is 30.8 Å². The van der Waals surface area contributed by atoms with Crippen LogP contribution in [0.15, 0.2) is 73.1 Å². The van der Waals surface area contributed by atoms with Gasteiger partial charge in [0, 0.05) is 47.5 Å². The summed E-state index contributed by atoms with van der Waals surface area (Å²) in [6.45, 7) is -0.522. The molecule has 0 unspecified atom stereocenters. The molecule has 1 aliphatic rings. The molecule has 0 radical (unpaired) electrons. The average Bonchev–Trinajstić information content (AvgIpc) is 3.26. The molecule has 0 N–H and O–H groups in total. The van der Waals surface area contributed by atoms with E-state index >= 15 is 0 Å². The molecular weight excluding hydrogens is 466 g/mol. The van der Waals surface area contributed by atoms with E-state index in [-0.39, 0.29) is 18.5 Å². The molecule has 0 fully saturated rings. The molecule has 10 heteroatoms. The van der Waals surface area contributed by atoms with Crippen molar-refractivity contribution in [3.63, 3.8) is 0 Å². The standard InChI is InChI=1S/C26H20F2N6O2/c1-32-13-18-12-19(5-8-22(18)31-32)33-14-17-4-9-24(36-15-23(27)28)30-25(17)34(26(33)35)20-6-7-21-16(11-20)3-2-10-29-21/h2-13,23H,14-15H2,1H3. The Bertz CT molecular complexity index is 1620. The van der Waals surface area contributed by atoms with Crippen LogP contribution in [0.2, 0.25) is 0 Å². The van der Waals surface area contributed by atoms with Crippen molar-refractivity contribution in [2.75, 3.05) is 16.4 Å². The summed E-state index contributed by atoms with van der Waals surface area (Å²) < 4.78 is 32.3. The smallest absolute Gasteiger partial charge is 0.335 e. The fourth-order valence-electron chi connectivity index (χ4n) is 4.40. The van der Waals surface area contributed by atoms with Crippen LogP contribution in [-0.4, -0.2) is 38.8 Å². The van der Waals surface area contributed by atoms with Gasteiger partial charge in [0.05, 0.1) is 23.3 Å². The number of aromatic nitrogens is 4. The van der Waals surface area contributed by atoms with E-state index in [1.165, 1.54) is 4.90 Å². The van der Waals surface area contributed by atoms with Crippen molar-refractivity contribution < 1.29 is 18.3 Å². The second-order valence-corrected chi connectivity index (χ2v) is 8.46. The summed E-state index contributed by atoms with van der Waals surface area (Å²) in [5, 5.41) is 6.16. The molecule has 0 atom stereocenters. The molecule has 2 amide bonds. The number of pyridine rings is 2. The van der Waals surface area contributed by atoms with Gasteiger partial charge in [-0.25, -0.2) is 18.5 Å². The highest BCUT2D eigenvalue weighted by molar-refractivity contribution is 6.11. The molecule has 3 aromatic heterocycles. The summed E-state index contributed by atoms with van der Waals surface area (Å²) in [5.74, 6) is 0.369. The lowest BCUT2D eigenvalue weighted by atomic mass is 10.1. The van der Waals surface area contributed by atoms with Crippen molar-refractivity contribution in [1.29, 1.82) is 0 Å². The Kier molecular flexibility index (Phi) is 5.21. The third-order valence-corrected chi connectivity index (χ3v) is 6.01. The van der Waals surface area contributed by atoms with Gasteiger partial charge >= 0.3 is 6.03 Å². The Labute approximate surface area is 204 Å². The van der Waals surface area contributed by atoms with Crippen LogP contribution in [0.3, 0.4) is 0 Å². The van der Waals surface area contributed by atoms with Crippen molar-refractivity contribution in [1.82, 2.24) is 19.7 Å². The van der Waals surface area contributed by atoms with Crippen molar-refractivity contribution in [3.05, 3.63) is 78.6 Å². The minimum Gasteiger partial charge on any atom is -0.472 e. The maximum atomic E-state index is 14.0. The monoisotopic (exact) mass is 486 g/mol. The number of ether oxygens (including phenoxy) is 1. The Morgan fingerprint density at radius 3 is 2.67 bits per heavy atom. The van der Waals surface area contributed by atoms with E-state index in [1.807, 2.05) is 55.7 Å². The average molecular weight is 486 g/mol. The predicted molar refractivity (Wildman–Crippen MR) is 132 cm³/mol. The van der Waals surface area contributed by atoms with Gasteiger partial charge in [-0.3, -0.25) is 14.6 Å². The molecule has 6 rings (SSSR count). The van der Waals surface area contributed by atoms with Crippen LogP contribution < -0.4 is 14.5 Å². The second-order valence-electron chi connectivity index (χ2n) is 8.46. The number of halogens is 2. The van der Waals surface area contributed by atoms with Crippen LogP contribution in [-0.2, 0) is 13.6 Å². The Balaban J connectivity index is 1.47. The van der Waals surface area contributed by atoms with Crippen LogP contribution in [0.25, 0.3) is 21.8 Å². The molecule has 0 bridgehead atoms. The number of hydrogen-bond acceptors (Lipinski definition) is 5. The van der Waals surface area contributed by atoms with Gasteiger partial charge < -0.3 is 4.74 Å². The van der Waals surface area contributed by atoms with Gasteiger partial charge in [0.15, 0.2) is 6.61 Å². The van der Waals surface area contributed by atoms with Crippen LogP contribution >= 0.6 is 0 Å². The summed E-state index contributed by atoms with van der Waals surface area (Å²) in [6.07, 6.45) is 0.962. The van der Waals surface area contributed by atoms with Crippen LogP contribution in [0.1, 0.15) is 5.56 Å². The Hall–Kier alpha value is -4.60. The first kappa shape index (κ1) is 21.9. The fraction of sp³-hybridized carbons (Fsp3) is 0.154. The lowest BCUT2D eigenvalue weighted by Gasteiger charge is -2.36. The summed E-state index contributed by atoms with van der Waals surface area (Å²) in [4.78, 5) is 25.9. The van der Waals surface area contributed by atoms with Gasteiger partial charge in [0.25, 0.3) is 6.43 Å². The van der Waals surface area contributed by atoms with Gasteiger partial charge in [0.1, 0.15) is 5.82 Å². The Morgan fingerprint density at radius 1 is 1.00 bits per heavy atom. The minimum atomic E-state index is -2.63. The molecule has 0 aliphatic carbocycles. The van der Waals surface area contributed by atoms with Crippen molar-refractivity contribution in [2.45, 2.75) is 13.0 Å². The second kappa shape index (κ2) is 8.56. The number of urea groups is 1. The van der Waals surface area contributed by atoms with E-state index in [2.05, 4.69) is 15.1 Å². The highest BCUT2D eigenvalue weighted by atomic mass is 19.3. The number of carbonyl (C=O) groups excluding carboxylic acids is 1. The SMILES string of the molecule is Cn1cc2cc(N3Cc4ccc(OCC(F)F)nc4N(c4ccc5ncccc5c4)C3=O)ccc2n1. The van der Waals surface area contributed by atoms with E-state index in [0.29, 0.717) is 17.2 Å². The molecule has 0 spiro atoms. The third kappa shape index (κ3) is 3.86. The lowest BCUT2D eigenvalue weighted by molar-refractivity contribution is 0.0796. The molecule has 180 valence electrons. The minimum absolute atomic E-state index is 0.0273. The van der Waals surface area contributed by atoms with Crippen LogP contribution in [0, 0.1) is 0 Å². The number of carbonyl (C=O) groups is 1. The first-order chi connectivity index (χ1) is 17.5. The van der Waals surface area contributed by atoms with Crippen molar-refractivity contribution >= 4 is 45.0 Å². The number of benzene rings is 2. The lowest BCUT2D eigenvalue weighted by Crippen LogP contribution is -2.45. The number of rotatable bonds is 5. The topological polar surface area (TPSA) is 76.4 Å². The van der Waals surface area contributed by atoms with Gasteiger partial charge in [0.2, 0.25) is 5.88 Å². The van der Waals surface area contributed by atoms with E-state index < -0.39 is 13.0 Å². The molecule has 0 saturated carbocycles. The molecule has 5 aromatic rings.